The summed E-state index contributed by atoms with van der Waals surface area (Å²) in [6, 6.07) is 0. The first kappa shape index (κ1) is 9.87. The molecule has 6 nitrogen and oxygen atoms in total. The van der Waals surface area contributed by atoms with Crippen molar-refractivity contribution in [3.63, 3.8) is 0 Å². The van der Waals surface area contributed by atoms with E-state index in [4.69, 9.17) is 0 Å². The largest absolute Gasteiger partial charge is 0.258 e. The molecule has 2 rings (SSSR count). The molecule has 2 aliphatic heterocycles. The molecule has 0 aromatic heterocycles. The van der Waals surface area contributed by atoms with Crippen LogP contribution in [-0.4, -0.2) is 33.8 Å². The predicted octanol–water partition coefficient (Wildman–Crippen LogP) is -2.09. The Labute approximate surface area is 72.1 Å². The van der Waals surface area contributed by atoms with Gasteiger partial charge in [-0.1, -0.05) is 0 Å². The van der Waals surface area contributed by atoms with Gasteiger partial charge in [-0.2, -0.15) is 4.83 Å². The van der Waals surface area contributed by atoms with Crippen molar-refractivity contribution < 1.29 is 8.42 Å². The van der Waals surface area contributed by atoms with Crippen LogP contribution in [-0.2, 0) is 10.0 Å². The van der Waals surface area contributed by atoms with Gasteiger partial charge in [-0.05, 0) is 6.42 Å². The second-order valence-corrected chi connectivity index (χ2v) is 4.40. The molecule has 0 aromatic rings. The molecule has 2 aliphatic rings. The Morgan fingerprint density at radius 2 is 1.58 bits per heavy atom. The lowest BCUT2D eigenvalue weighted by molar-refractivity contribution is 0.587. The predicted molar refractivity (Wildman–Crippen MR) is 45.5 cm³/mol. The van der Waals surface area contributed by atoms with Crippen molar-refractivity contribution >= 4 is 10.0 Å². The molecule has 0 bridgehead atoms. The van der Waals surface area contributed by atoms with Gasteiger partial charge in [0.05, 0.1) is 5.75 Å². The van der Waals surface area contributed by atoms with Crippen LogP contribution in [0.5, 0.6) is 0 Å². The summed E-state index contributed by atoms with van der Waals surface area (Å²) < 4.78 is 20.5. The average Bonchev–Trinajstić information content (AvgIpc) is 2.60. The molecular formula is C5H14N4O2S. The summed E-state index contributed by atoms with van der Waals surface area (Å²) in [6.07, 6.45) is 1.28. The van der Waals surface area contributed by atoms with Crippen molar-refractivity contribution in [3.8, 4) is 0 Å². The molecule has 0 aromatic carbocycles. The number of sulfonamides is 1. The highest BCUT2D eigenvalue weighted by Gasteiger charge is 2.14. The number of rotatable bonds is 0. The van der Waals surface area contributed by atoms with Crippen LogP contribution in [0.1, 0.15) is 6.42 Å². The molecule has 0 amide bonds. The van der Waals surface area contributed by atoms with Crippen molar-refractivity contribution in [1.82, 2.24) is 21.1 Å². The van der Waals surface area contributed by atoms with Crippen LogP contribution in [0.4, 0.5) is 0 Å². The molecule has 0 aliphatic carbocycles. The van der Waals surface area contributed by atoms with E-state index in [2.05, 4.69) is 21.1 Å². The number of nitrogens with one attached hydrogen (secondary N) is 4. The minimum Gasteiger partial charge on any atom is -0.258 e. The van der Waals surface area contributed by atoms with Gasteiger partial charge < -0.3 is 0 Å². The van der Waals surface area contributed by atoms with Gasteiger partial charge in [0, 0.05) is 19.6 Å². The van der Waals surface area contributed by atoms with Gasteiger partial charge in [-0.25, -0.2) is 13.8 Å². The molecule has 0 radical (unpaired) electrons. The molecule has 2 heterocycles. The topological polar surface area (TPSA) is 82.3 Å². The first-order valence-corrected chi connectivity index (χ1v) is 5.54. The van der Waals surface area contributed by atoms with Crippen molar-refractivity contribution in [2.75, 3.05) is 25.4 Å². The first-order chi connectivity index (χ1) is 5.71. The van der Waals surface area contributed by atoms with Crippen LogP contribution in [0.2, 0.25) is 0 Å². The maximum absolute atomic E-state index is 10.3. The minimum absolute atomic E-state index is 0.201. The molecule has 2 saturated heterocycles. The lowest BCUT2D eigenvalue weighted by atomic mass is 10.5. The molecule has 72 valence electrons. The molecule has 0 unspecified atom stereocenters. The molecule has 0 saturated carbocycles. The van der Waals surface area contributed by atoms with Crippen LogP contribution in [0.15, 0.2) is 0 Å². The zero-order valence-corrected chi connectivity index (χ0v) is 7.58. The Morgan fingerprint density at radius 1 is 0.917 bits per heavy atom. The molecule has 4 N–H and O–H groups in total. The van der Waals surface area contributed by atoms with E-state index in [1.54, 1.807) is 0 Å². The number of hydrogen-bond donors (Lipinski definition) is 4. The smallest absolute Gasteiger partial charge is 0.225 e. The average molecular weight is 194 g/mol. The summed E-state index contributed by atoms with van der Waals surface area (Å²) >= 11 is 0. The zero-order valence-electron chi connectivity index (χ0n) is 6.76. The molecule has 12 heavy (non-hydrogen) atoms. The highest BCUT2D eigenvalue weighted by Crippen LogP contribution is 1.84. The third-order valence-electron chi connectivity index (χ3n) is 1.45. The SMILES string of the molecule is C1CNNC1.O=S1(=O)CCNN1. The highest BCUT2D eigenvalue weighted by molar-refractivity contribution is 7.89. The van der Waals surface area contributed by atoms with Crippen LogP contribution in [0.3, 0.4) is 0 Å². The zero-order chi connectivity index (χ0) is 8.86. The number of hydrazine groups is 2. The standard InChI is InChI=1S/C3H8N2.C2H6N2O2S/c1-2-4-5-3-1;5-7(6)2-1-3-4-7/h4-5H,1-3H2;3-4H,1-2H2. The van der Waals surface area contributed by atoms with Crippen molar-refractivity contribution in [1.29, 1.82) is 0 Å². The second-order valence-electron chi connectivity index (χ2n) is 2.55. The fourth-order valence-electron chi connectivity index (χ4n) is 0.839. The van der Waals surface area contributed by atoms with E-state index in [0.717, 1.165) is 13.1 Å². The van der Waals surface area contributed by atoms with Crippen molar-refractivity contribution in [3.05, 3.63) is 0 Å². The van der Waals surface area contributed by atoms with E-state index in [1.807, 2.05) is 0 Å². The lowest BCUT2D eigenvalue weighted by Gasteiger charge is -1.85. The molecule has 0 atom stereocenters. The first-order valence-electron chi connectivity index (χ1n) is 3.89. The third kappa shape index (κ3) is 3.98. The quantitative estimate of drug-likeness (QED) is 0.355. The lowest BCUT2D eigenvalue weighted by Crippen LogP contribution is -2.25. The van der Waals surface area contributed by atoms with E-state index in [-0.39, 0.29) is 5.75 Å². The van der Waals surface area contributed by atoms with Crippen LogP contribution < -0.4 is 21.1 Å². The van der Waals surface area contributed by atoms with Gasteiger partial charge in [-0.3, -0.25) is 10.9 Å². The van der Waals surface area contributed by atoms with Crippen molar-refractivity contribution in [2.24, 2.45) is 0 Å². The van der Waals surface area contributed by atoms with Crippen LogP contribution in [0, 0.1) is 0 Å². The maximum atomic E-state index is 10.3. The summed E-state index contributed by atoms with van der Waals surface area (Å²) in [5, 5.41) is 0. The Hall–Kier alpha value is -0.210. The third-order valence-corrected chi connectivity index (χ3v) is 2.65. The van der Waals surface area contributed by atoms with Gasteiger partial charge >= 0.3 is 0 Å². The van der Waals surface area contributed by atoms with E-state index in [0.29, 0.717) is 6.54 Å². The summed E-state index contributed by atoms with van der Waals surface area (Å²) in [5.41, 5.74) is 8.42. The number of hydrogen-bond acceptors (Lipinski definition) is 5. The Morgan fingerprint density at radius 3 is 1.75 bits per heavy atom. The van der Waals surface area contributed by atoms with Crippen LogP contribution >= 0.6 is 0 Å². The van der Waals surface area contributed by atoms with Gasteiger partial charge in [0.25, 0.3) is 0 Å². The Kier molecular flexibility index (Phi) is 3.89. The fourth-order valence-corrected chi connectivity index (χ4v) is 1.63. The minimum atomic E-state index is -2.91. The monoisotopic (exact) mass is 194 g/mol. The van der Waals surface area contributed by atoms with Gasteiger partial charge in [0.1, 0.15) is 0 Å². The van der Waals surface area contributed by atoms with Gasteiger partial charge in [0.15, 0.2) is 0 Å². The second kappa shape index (κ2) is 4.73. The van der Waals surface area contributed by atoms with E-state index in [1.165, 1.54) is 6.42 Å². The van der Waals surface area contributed by atoms with Crippen molar-refractivity contribution in [2.45, 2.75) is 6.42 Å². The molecular weight excluding hydrogens is 180 g/mol. The van der Waals surface area contributed by atoms with E-state index >= 15 is 0 Å². The normalized spacial score (nSPS) is 26.3. The highest BCUT2D eigenvalue weighted by atomic mass is 32.2. The summed E-state index contributed by atoms with van der Waals surface area (Å²) in [7, 11) is -2.91. The summed E-state index contributed by atoms with van der Waals surface area (Å²) in [5.74, 6) is 0.201. The fraction of sp³-hybridized carbons (Fsp3) is 1.00. The van der Waals surface area contributed by atoms with Gasteiger partial charge in [0.2, 0.25) is 10.0 Å². The Bertz CT molecular complexity index is 192. The summed E-state index contributed by atoms with van der Waals surface area (Å²) in [6.45, 7) is 2.79. The van der Waals surface area contributed by atoms with E-state index in [9.17, 15) is 8.42 Å². The molecule has 0 spiro atoms. The van der Waals surface area contributed by atoms with Crippen LogP contribution in [0.25, 0.3) is 0 Å². The summed E-state index contributed by atoms with van der Waals surface area (Å²) in [4.78, 5) is 2.12. The maximum Gasteiger partial charge on any atom is 0.225 e. The Balaban J connectivity index is 0.000000127. The molecule has 2 fully saturated rings. The van der Waals surface area contributed by atoms with Gasteiger partial charge in [-0.15, -0.1) is 0 Å². The molecule has 7 heteroatoms. The van der Waals surface area contributed by atoms with E-state index < -0.39 is 10.0 Å².